The summed E-state index contributed by atoms with van der Waals surface area (Å²) in [5.41, 5.74) is 4.05. The number of benzene rings is 2. The molecule has 4 rings (SSSR count). The third-order valence-corrected chi connectivity index (χ3v) is 4.24. The molecule has 2 heterocycles. The lowest BCUT2D eigenvalue weighted by atomic mass is 10.1. The van der Waals surface area contributed by atoms with Crippen LogP contribution in [0.2, 0.25) is 0 Å². The maximum Gasteiger partial charge on any atom is 0.573 e. The molecule has 2 aromatic carbocycles. The maximum absolute atomic E-state index is 12.3. The zero-order valence-electron chi connectivity index (χ0n) is 16.6. The maximum atomic E-state index is 12.3. The van der Waals surface area contributed by atoms with E-state index in [9.17, 15) is 13.2 Å². The Morgan fingerprint density at radius 3 is 2.47 bits per heavy atom. The van der Waals surface area contributed by atoms with Crippen LogP contribution in [0.4, 0.5) is 13.2 Å². The van der Waals surface area contributed by atoms with Crippen molar-refractivity contribution in [1.29, 1.82) is 0 Å². The van der Waals surface area contributed by atoms with E-state index in [1.165, 1.54) is 24.3 Å². The van der Waals surface area contributed by atoms with E-state index in [1.807, 2.05) is 0 Å². The third kappa shape index (κ3) is 6.10. The van der Waals surface area contributed by atoms with E-state index < -0.39 is 6.36 Å². The van der Waals surface area contributed by atoms with Crippen molar-refractivity contribution in [1.82, 2.24) is 20.6 Å². The molecule has 1 aromatic heterocycles. The number of hydrogen-bond acceptors (Lipinski definition) is 7. The van der Waals surface area contributed by atoms with E-state index in [2.05, 4.69) is 32.1 Å². The number of hydrazine groups is 1. The van der Waals surface area contributed by atoms with Gasteiger partial charge in [0.15, 0.2) is 11.5 Å². The SMILES string of the molecule is FC(F)(F)Oc1ccc(C#Cc2ccc3c(c2)ONN(Cc2ncccn2)CCO3)cc1. The van der Waals surface area contributed by atoms with Crippen LogP contribution >= 0.6 is 0 Å². The number of aromatic nitrogens is 2. The van der Waals surface area contributed by atoms with Gasteiger partial charge in [-0.3, -0.25) is 0 Å². The minimum atomic E-state index is -4.73. The molecule has 0 saturated heterocycles. The van der Waals surface area contributed by atoms with E-state index in [4.69, 9.17) is 9.57 Å². The fraction of sp³-hybridized carbons (Fsp3) is 0.182. The molecule has 1 N–H and O–H groups in total. The third-order valence-electron chi connectivity index (χ3n) is 4.24. The predicted octanol–water partition coefficient (Wildman–Crippen LogP) is 3.47. The summed E-state index contributed by atoms with van der Waals surface area (Å²) in [5.74, 6) is 7.20. The first-order valence-electron chi connectivity index (χ1n) is 9.53. The fourth-order valence-corrected chi connectivity index (χ4v) is 2.79. The van der Waals surface area contributed by atoms with Gasteiger partial charge in [-0.15, -0.1) is 13.2 Å². The zero-order chi connectivity index (χ0) is 22.4. The van der Waals surface area contributed by atoms with Gasteiger partial charge >= 0.3 is 6.36 Å². The monoisotopic (exact) mass is 442 g/mol. The minimum Gasteiger partial charge on any atom is -0.488 e. The van der Waals surface area contributed by atoms with Crippen LogP contribution in [0, 0.1) is 11.8 Å². The average Bonchev–Trinajstić information content (AvgIpc) is 2.76. The van der Waals surface area contributed by atoms with E-state index in [1.54, 1.807) is 41.7 Å². The largest absolute Gasteiger partial charge is 0.573 e. The summed E-state index contributed by atoms with van der Waals surface area (Å²) in [6.07, 6.45) is -1.39. The first-order valence-corrected chi connectivity index (χ1v) is 9.53. The molecule has 0 atom stereocenters. The molecule has 0 aliphatic carbocycles. The summed E-state index contributed by atoms with van der Waals surface area (Å²) in [7, 11) is 0. The Morgan fingerprint density at radius 2 is 1.72 bits per heavy atom. The summed E-state index contributed by atoms with van der Waals surface area (Å²) >= 11 is 0. The second-order valence-corrected chi connectivity index (χ2v) is 6.61. The van der Waals surface area contributed by atoms with Crippen molar-refractivity contribution < 1.29 is 27.5 Å². The number of hydrogen-bond donors (Lipinski definition) is 1. The topological polar surface area (TPSA) is 68.7 Å². The lowest BCUT2D eigenvalue weighted by Gasteiger charge is -2.25. The number of nitrogens with zero attached hydrogens (tertiary/aromatic N) is 3. The van der Waals surface area contributed by atoms with Crippen molar-refractivity contribution in [3.05, 3.63) is 77.9 Å². The van der Waals surface area contributed by atoms with E-state index in [-0.39, 0.29) is 5.75 Å². The molecule has 1 aliphatic rings. The normalized spacial score (nSPS) is 14.0. The highest BCUT2D eigenvalue weighted by atomic mass is 19.4. The first-order chi connectivity index (χ1) is 15.4. The van der Waals surface area contributed by atoms with Gasteiger partial charge in [-0.2, -0.15) is 0 Å². The van der Waals surface area contributed by atoms with Gasteiger partial charge in [0.25, 0.3) is 0 Å². The number of ether oxygens (including phenoxy) is 2. The molecule has 0 bridgehead atoms. The summed E-state index contributed by atoms with van der Waals surface area (Å²) in [4.78, 5) is 14.1. The summed E-state index contributed by atoms with van der Waals surface area (Å²) in [5, 5.41) is 1.78. The lowest BCUT2D eigenvalue weighted by Crippen LogP contribution is -2.43. The molecule has 1 aliphatic heterocycles. The van der Waals surface area contributed by atoms with Gasteiger partial charge in [0.05, 0.1) is 13.1 Å². The molecule has 32 heavy (non-hydrogen) atoms. The van der Waals surface area contributed by atoms with Crippen LogP contribution in [0.5, 0.6) is 17.2 Å². The Hall–Kier alpha value is -3.81. The van der Waals surface area contributed by atoms with Crippen LogP contribution in [-0.4, -0.2) is 34.5 Å². The Kier molecular flexibility index (Phi) is 6.39. The molecular formula is C22H17F3N4O3. The Morgan fingerprint density at radius 1 is 1.00 bits per heavy atom. The molecule has 0 amide bonds. The molecule has 0 unspecified atom stereocenters. The van der Waals surface area contributed by atoms with Gasteiger partial charge in [-0.05, 0) is 42.5 Å². The number of alkyl halides is 3. The number of nitrogens with one attached hydrogen (secondary N) is 1. The van der Waals surface area contributed by atoms with Crippen LogP contribution in [0.3, 0.4) is 0 Å². The van der Waals surface area contributed by atoms with Crippen molar-refractivity contribution in [3.8, 4) is 29.1 Å². The highest BCUT2D eigenvalue weighted by Gasteiger charge is 2.30. The van der Waals surface area contributed by atoms with Gasteiger partial charge in [0.1, 0.15) is 18.2 Å². The molecule has 7 nitrogen and oxygen atoms in total. The predicted molar refractivity (Wildman–Crippen MR) is 107 cm³/mol. The summed E-state index contributed by atoms with van der Waals surface area (Å²) in [6.45, 7) is 1.40. The number of fused-ring (bicyclic) bond motifs is 1. The second kappa shape index (κ2) is 9.55. The van der Waals surface area contributed by atoms with Gasteiger partial charge in [-0.1, -0.05) is 17.4 Å². The smallest absolute Gasteiger partial charge is 0.488 e. The van der Waals surface area contributed by atoms with Gasteiger partial charge in [-0.25, -0.2) is 15.0 Å². The molecular weight excluding hydrogens is 425 g/mol. The first kappa shape index (κ1) is 21.4. The molecule has 0 fully saturated rings. The highest BCUT2D eigenvalue weighted by molar-refractivity contribution is 5.51. The van der Waals surface area contributed by atoms with Crippen molar-refractivity contribution in [2.75, 3.05) is 13.2 Å². The van der Waals surface area contributed by atoms with E-state index >= 15 is 0 Å². The van der Waals surface area contributed by atoms with Gasteiger partial charge < -0.3 is 14.3 Å². The Labute approximate surface area is 181 Å². The summed E-state index contributed by atoms with van der Waals surface area (Å²) in [6, 6.07) is 12.3. The second-order valence-electron chi connectivity index (χ2n) is 6.61. The number of halogens is 3. The molecule has 164 valence electrons. The van der Waals surface area contributed by atoms with Crippen LogP contribution in [0.1, 0.15) is 17.0 Å². The van der Waals surface area contributed by atoms with Crippen molar-refractivity contribution >= 4 is 0 Å². The van der Waals surface area contributed by atoms with Gasteiger partial charge in [0, 0.05) is 29.6 Å². The van der Waals surface area contributed by atoms with Crippen molar-refractivity contribution in [2.45, 2.75) is 12.9 Å². The van der Waals surface area contributed by atoms with E-state index in [0.717, 1.165) is 0 Å². The standard InChI is InChI=1S/C22H17F3N4O3/c23-22(24,25)31-18-7-4-16(5-8-18)2-3-17-6-9-19-20(14-17)32-28-29(12-13-30-19)15-21-26-10-1-11-27-21/h1,4-11,14,28H,12-13,15H2. The lowest BCUT2D eigenvalue weighted by molar-refractivity contribution is -0.274. The Balaban J connectivity index is 1.43. The highest BCUT2D eigenvalue weighted by Crippen LogP contribution is 2.29. The van der Waals surface area contributed by atoms with E-state index in [0.29, 0.717) is 48.1 Å². The average molecular weight is 442 g/mol. The van der Waals surface area contributed by atoms with Crippen LogP contribution < -0.4 is 19.9 Å². The number of rotatable bonds is 3. The summed E-state index contributed by atoms with van der Waals surface area (Å²) < 4.78 is 46.4. The minimum absolute atomic E-state index is 0.300. The molecule has 3 aromatic rings. The van der Waals surface area contributed by atoms with Gasteiger partial charge in [0.2, 0.25) is 0 Å². The van der Waals surface area contributed by atoms with Crippen LogP contribution in [0.25, 0.3) is 0 Å². The molecule has 0 spiro atoms. The molecule has 10 heteroatoms. The van der Waals surface area contributed by atoms with Crippen molar-refractivity contribution in [3.63, 3.8) is 0 Å². The Bertz CT molecular complexity index is 1110. The zero-order valence-corrected chi connectivity index (χ0v) is 16.6. The van der Waals surface area contributed by atoms with Crippen LogP contribution in [0.15, 0.2) is 60.9 Å². The molecule has 0 saturated carbocycles. The quantitative estimate of drug-likeness (QED) is 0.623. The van der Waals surface area contributed by atoms with Crippen LogP contribution in [-0.2, 0) is 6.54 Å². The van der Waals surface area contributed by atoms with Crippen molar-refractivity contribution in [2.24, 2.45) is 0 Å². The molecule has 0 radical (unpaired) electrons. The fourth-order valence-electron chi connectivity index (χ4n) is 2.79.